The van der Waals surface area contributed by atoms with Gasteiger partial charge in [-0.25, -0.2) is 4.79 Å². The number of hydrogen-bond donors (Lipinski definition) is 1. The first kappa shape index (κ1) is 23.6. The molecule has 6 heteroatoms. The molecule has 0 spiro atoms. The van der Waals surface area contributed by atoms with Crippen molar-refractivity contribution < 1.29 is 23.8 Å². The van der Waals surface area contributed by atoms with Crippen LogP contribution in [0.2, 0.25) is 0 Å². The normalized spacial score (nSPS) is 10.6. The lowest BCUT2D eigenvalue weighted by Gasteiger charge is -2.10. The van der Waals surface area contributed by atoms with Crippen molar-refractivity contribution in [2.75, 3.05) is 25.1 Å². The highest BCUT2D eigenvalue weighted by atomic mass is 16.5. The quantitative estimate of drug-likeness (QED) is 0.244. The summed E-state index contributed by atoms with van der Waals surface area (Å²) in [4.78, 5) is 24.2. The Balaban J connectivity index is 1.49. The Bertz CT molecular complexity index is 1060. The van der Waals surface area contributed by atoms with Crippen LogP contribution in [0, 0.1) is 0 Å². The summed E-state index contributed by atoms with van der Waals surface area (Å²) in [7, 11) is 0. The first-order valence-electron chi connectivity index (χ1n) is 10.8. The zero-order valence-corrected chi connectivity index (χ0v) is 18.5. The number of hydrogen-bond acceptors (Lipinski definition) is 5. The van der Waals surface area contributed by atoms with Gasteiger partial charge in [-0.3, -0.25) is 4.79 Å². The summed E-state index contributed by atoms with van der Waals surface area (Å²) in [5, 5.41) is 2.88. The van der Waals surface area contributed by atoms with Crippen LogP contribution >= 0.6 is 0 Å². The van der Waals surface area contributed by atoms with E-state index in [1.54, 1.807) is 43.3 Å². The Morgan fingerprint density at radius 2 is 1.45 bits per heavy atom. The number of carbonyl (C=O) groups excluding carboxylic acids is 2. The van der Waals surface area contributed by atoms with Gasteiger partial charge in [0.2, 0.25) is 0 Å². The predicted octanol–water partition coefficient (Wildman–Crippen LogP) is 5.36. The second-order valence-corrected chi connectivity index (χ2v) is 7.01. The molecule has 0 saturated carbocycles. The SMILES string of the molecule is CCOC(=O)C=Cc1ccccc1NC(=O)c1ccc(OCCCOc2ccccc2)cc1. The zero-order chi connectivity index (χ0) is 23.3. The van der Waals surface area contributed by atoms with Gasteiger partial charge in [0.05, 0.1) is 19.8 Å². The summed E-state index contributed by atoms with van der Waals surface area (Å²) in [6.45, 7) is 3.13. The first-order chi connectivity index (χ1) is 16.2. The van der Waals surface area contributed by atoms with Gasteiger partial charge in [0, 0.05) is 23.7 Å². The van der Waals surface area contributed by atoms with Gasteiger partial charge in [0.25, 0.3) is 5.91 Å². The minimum absolute atomic E-state index is 0.255. The molecule has 3 aromatic rings. The highest BCUT2D eigenvalue weighted by molar-refractivity contribution is 6.05. The molecule has 0 aliphatic carbocycles. The van der Waals surface area contributed by atoms with Gasteiger partial charge in [-0.2, -0.15) is 0 Å². The van der Waals surface area contributed by atoms with E-state index < -0.39 is 5.97 Å². The van der Waals surface area contributed by atoms with Gasteiger partial charge in [-0.05, 0) is 61.0 Å². The lowest BCUT2D eigenvalue weighted by atomic mass is 10.1. The third-order valence-corrected chi connectivity index (χ3v) is 4.58. The Hall–Kier alpha value is -4.06. The topological polar surface area (TPSA) is 73.9 Å². The van der Waals surface area contributed by atoms with Crippen molar-refractivity contribution in [1.29, 1.82) is 0 Å². The van der Waals surface area contributed by atoms with Crippen molar-refractivity contribution in [3.63, 3.8) is 0 Å². The van der Waals surface area contributed by atoms with Crippen LogP contribution in [0.15, 0.2) is 84.9 Å². The van der Waals surface area contributed by atoms with E-state index in [9.17, 15) is 9.59 Å². The average molecular weight is 446 g/mol. The number of carbonyl (C=O) groups is 2. The monoisotopic (exact) mass is 445 g/mol. The van der Waals surface area contributed by atoms with Gasteiger partial charge in [-0.15, -0.1) is 0 Å². The summed E-state index contributed by atoms with van der Waals surface area (Å²) in [5.74, 6) is 0.838. The summed E-state index contributed by atoms with van der Waals surface area (Å²) in [5.41, 5.74) is 1.80. The van der Waals surface area contributed by atoms with Gasteiger partial charge in [-0.1, -0.05) is 36.4 Å². The standard InChI is InChI=1S/C27H27NO5/c1-2-31-26(29)18-15-21-9-6-7-12-25(21)28-27(30)22-13-16-24(17-14-22)33-20-8-19-32-23-10-4-3-5-11-23/h3-7,9-18H,2,8,19-20H2,1H3,(H,28,30). The fourth-order valence-corrected chi connectivity index (χ4v) is 2.96. The molecule has 0 radical (unpaired) electrons. The van der Waals surface area contributed by atoms with Crippen molar-refractivity contribution in [3.8, 4) is 11.5 Å². The number of benzene rings is 3. The van der Waals surface area contributed by atoms with Gasteiger partial charge in [0.1, 0.15) is 11.5 Å². The van der Waals surface area contributed by atoms with Crippen molar-refractivity contribution in [3.05, 3.63) is 96.1 Å². The van der Waals surface area contributed by atoms with Crippen LogP contribution in [0.25, 0.3) is 6.08 Å². The number of anilines is 1. The molecule has 0 bridgehead atoms. The molecular formula is C27H27NO5. The van der Waals surface area contributed by atoms with Crippen molar-refractivity contribution in [2.24, 2.45) is 0 Å². The molecule has 33 heavy (non-hydrogen) atoms. The molecule has 0 aliphatic rings. The lowest BCUT2D eigenvalue weighted by molar-refractivity contribution is -0.137. The number of nitrogens with one attached hydrogen (secondary N) is 1. The number of esters is 1. The summed E-state index contributed by atoms with van der Waals surface area (Å²) in [6.07, 6.45) is 3.70. The molecule has 6 nitrogen and oxygen atoms in total. The second-order valence-electron chi connectivity index (χ2n) is 7.01. The summed E-state index contributed by atoms with van der Waals surface area (Å²) >= 11 is 0. The molecule has 0 saturated heterocycles. The Kier molecular flexibility index (Phi) is 9.09. The van der Waals surface area contributed by atoms with E-state index in [4.69, 9.17) is 14.2 Å². The van der Waals surface area contributed by atoms with Gasteiger partial charge < -0.3 is 19.5 Å². The van der Waals surface area contributed by atoms with E-state index >= 15 is 0 Å². The van der Waals surface area contributed by atoms with E-state index in [0.717, 1.165) is 12.2 Å². The number of amides is 1. The minimum Gasteiger partial charge on any atom is -0.493 e. The van der Waals surface area contributed by atoms with Crippen LogP contribution < -0.4 is 14.8 Å². The summed E-state index contributed by atoms with van der Waals surface area (Å²) < 4.78 is 16.3. The molecule has 170 valence electrons. The number of rotatable bonds is 11. The van der Waals surface area contributed by atoms with Crippen LogP contribution in [0.5, 0.6) is 11.5 Å². The smallest absolute Gasteiger partial charge is 0.330 e. The highest BCUT2D eigenvalue weighted by Crippen LogP contribution is 2.19. The molecule has 1 N–H and O–H groups in total. The van der Waals surface area contributed by atoms with E-state index in [1.165, 1.54) is 6.08 Å². The van der Waals surface area contributed by atoms with Crippen LogP contribution in [0.1, 0.15) is 29.3 Å². The highest BCUT2D eigenvalue weighted by Gasteiger charge is 2.09. The largest absolute Gasteiger partial charge is 0.493 e. The molecule has 1 amide bonds. The maximum absolute atomic E-state index is 12.7. The molecular weight excluding hydrogens is 418 g/mol. The molecule has 0 fully saturated rings. The molecule has 0 unspecified atom stereocenters. The molecule has 0 aliphatic heterocycles. The van der Waals surface area contributed by atoms with Crippen LogP contribution in [-0.4, -0.2) is 31.7 Å². The molecule has 0 heterocycles. The van der Waals surface area contributed by atoms with Crippen LogP contribution in [-0.2, 0) is 9.53 Å². The van der Waals surface area contributed by atoms with Crippen LogP contribution in [0.3, 0.4) is 0 Å². The number of ether oxygens (including phenoxy) is 3. The second kappa shape index (κ2) is 12.7. The molecule has 0 aromatic heterocycles. The Labute approximate surface area is 193 Å². The minimum atomic E-state index is -0.430. The number of para-hydroxylation sites is 2. The van der Waals surface area contributed by atoms with Crippen molar-refractivity contribution >= 4 is 23.6 Å². The fourth-order valence-electron chi connectivity index (χ4n) is 2.96. The Morgan fingerprint density at radius 1 is 0.818 bits per heavy atom. The molecule has 3 aromatic carbocycles. The molecule has 0 atom stereocenters. The van der Waals surface area contributed by atoms with Gasteiger partial charge in [0.15, 0.2) is 0 Å². The summed E-state index contributed by atoms with van der Waals surface area (Å²) in [6, 6.07) is 23.8. The fraction of sp³-hybridized carbons (Fsp3) is 0.185. The van der Waals surface area contributed by atoms with E-state index in [0.29, 0.717) is 42.4 Å². The van der Waals surface area contributed by atoms with Gasteiger partial charge >= 0.3 is 5.97 Å². The third kappa shape index (κ3) is 7.85. The maximum atomic E-state index is 12.7. The van der Waals surface area contributed by atoms with Crippen LogP contribution in [0.4, 0.5) is 5.69 Å². The lowest BCUT2D eigenvalue weighted by Crippen LogP contribution is -2.12. The third-order valence-electron chi connectivity index (χ3n) is 4.58. The van der Waals surface area contributed by atoms with E-state index in [1.807, 2.05) is 48.5 Å². The average Bonchev–Trinajstić information content (AvgIpc) is 2.84. The molecule has 3 rings (SSSR count). The maximum Gasteiger partial charge on any atom is 0.330 e. The van der Waals surface area contributed by atoms with Crippen molar-refractivity contribution in [2.45, 2.75) is 13.3 Å². The first-order valence-corrected chi connectivity index (χ1v) is 10.8. The van der Waals surface area contributed by atoms with Crippen molar-refractivity contribution in [1.82, 2.24) is 0 Å². The van der Waals surface area contributed by atoms with E-state index in [2.05, 4.69) is 5.32 Å². The zero-order valence-electron chi connectivity index (χ0n) is 18.5. The van der Waals surface area contributed by atoms with E-state index in [-0.39, 0.29) is 5.91 Å². The predicted molar refractivity (Wildman–Crippen MR) is 129 cm³/mol. The Morgan fingerprint density at radius 3 is 2.15 bits per heavy atom.